The highest BCUT2D eigenvalue weighted by atomic mass is 19.4. The van der Waals surface area contributed by atoms with Crippen LogP contribution in [-0.4, -0.2) is 24.0 Å². The molecular formula is C20H24F3N3O2. The van der Waals surface area contributed by atoms with E-state index in [4.69, 9.17) is 0 Å². The molecule has 5 nitrogen and oxygen atoms in total. The fourth-order valence-corrected chi connectivity index (χ4v) is 5.66. The summed E-state index contributed by atoms with van der Waals surface area (Å²) in [6, 6.07) is 3.84. The number of hydrogen-bond donors (Lipinski definition) is 3. The van der Waals surface area contributed by atoms with Crippen LogP contribution < -0.4 is 16.0 Å². The molecule has 0 atom stereocenters. The first-order valence-electron chi connectivity index (χ1n) is 9.74. The molecule has 0 radical (unpaired) electrons. The fraction of sp³-hybridized carbons (Fsp3) is 0.600. The highest BCUT2D eigenvalue weighted by Crippen LogP contribution is 2.55. The Morgan fingerprint density at radius 3 is 2.00 bits per heavy atom. The lowest BCUT2D eigenvalue weighted by Crippen LogP contribution is -2.61. The summed E-state index contributed by atoms with van der Waals surface area (Å²) in [5, 5.41) is 8.17. The Balaban J connectivity index is 1.25. The number of carbonyl (C=O) groups excluding carboxylic acids is 2. The first-order chi connectivity index (χ1) is 13.2. The maximum absolute atomic E-state index is 12.6. The first-order valence-corrected chi connectivity index (χ1v) is 9.74. The van der Waals surface area contributed by atoms with E-state index in [0.717, 1.165) is 31.4 Å². The highest BCUT2D eigenvalue weighted by Gasteiger charge is 2.51. The van der Waals surface area contributed by atoms with Crippen molar-refractivity contribution in [3.05, 3.63) is 29.8 Å². The lowest BCUT2D eigenvalue weighted by molar-refractivity contribution is -0.137. The lowest BCUT2D eigenvalue weighted by Gasteiger charge is -2.56. The van der Waals surface area contributed by atoms with Gasteiger partial charge < -0.3 is 16.0 Å². The smallest absolute Gasteiger partial charge is 0.333 e. The van der Waals surface area contributed by atoms with Crippen molar-refractivity contribution < 1.29 is 22.8 Å². The van der Waals surface area contributed by atoms with E-state index in [1.165, 1.54) is 31.4 Å². The average molecular weight is 395 g/mol. The third kappa shape index (κ3) is 4.10. The maximum atomic E-state index is 12.6. The van der Waals surface area contributed by atoms with Gasteiger partial charge in [-0.2, -0.15) is 13.2 Å². The van der Waals surface area contributed by atoms with Crippen LogP contribution in [0.2, 0.25) is 0 Å². The minimum atomic E-state index is -4.42. The number of amides is 3. The molecule has 0 aromatic heterocycles. The summed E-state index contributed by atoms with van der Waals surface area (Å²) in [7, 11) is 0. The molecule has 4 saturated carbocycles. The van der Waals surface area contributed by atoms with Crippen LogP contribution >= 0.6 is 0 Å². The normalized spacial score (nSPS) is 30.8. The molecule has 0 aliphatic heterocycles. The number of urea groups is 1. The Morgan fingerprint density at radius 2 is 1.50 bits per heavy atom. The molecule has 0 heterocycles. The Kier molecular flexibility index (Phi) is 4.75. The van der Waals surface area contributed by atoms with E-state index in [-0.39, 0.29) is 23.8 Å². The number of halogens is 3. The summed E-state index contributed by atoms with van der Waals surface area (Å²) in [5.74, 6) is 1.62. The largest absolute Gasteiger partial charge is 0.416 e. The van der Waals surface area contributed by atoms with Crippen LogP contribution in [0.1, 0.15) is 44.1 Å². The second-order valence-corrected chi connectivity index (χ2v) is 8.63. The lowest BCUT2D eigenvalue weighted by atomic mass is 9.53. The molecule has 4 bridgehead atoms. The van der Waals surface area contributed by atoms with Crippen molar-refractivity contribution in [3.63, 3.8) is 0 Å². The summed E-state index contributed by atoms with van der Waals surface area (Å²) < 4.78 is 37.7. The highest BCUT2D eigenvalue weighted by molar-refractivity contribution is 5.94. The third-order valence-electron chi connectivity index (χ3n) is 6.32. The van der Waals surface area contributed by atoms with Crippen molar-refractivity contribution in [1.82, 2.24) is 10.6 Å². The van der Waals surface area contributed by atoms with E-state index in [9.17, 15) is 22.8 Å². The van der Waals surface area contributed by atoms with Crippen molar-refractivity contribution in [2.75, 3.05) is 11.9 Å². The molecule has 152 valence electrons. The molecule has 0 unspecified atom stereocenters. The minimum Gasteiger partial charge on any atom is -0.333 e. The second kappa shape index (κ2) is 6.97. The van der Waals surface area contributed by atoms with E-state index in [1.807, 2.05) is 0 Å². The molecule has 3 N–H and O–H groups in total. The van der Waals surface area contributed by atoms with Crippen molar-refractivity contribution in [1.29, 1.82) is 0 Å². The van der Waals surface area contributed by atoms with Gasteiger partial charge in [-0.25, -0.2) is 4.79 Å². The second-order valence-electron chi connectivity index (χ2n) is 8.63. The molecule has 3 amide bonds. The summed E-state index contributed by atoms with van der Waals surface area (Å²) >= 11 is 0. The van der Waals surface area contributed by atoms with Crippen LogP contribution in [0.5, 0.6) is 0 Å². The van der Waals surface area contributed by atoms with Gasteiger partial charge in [0.2, 0.25) is 5.91 Å². The van der Waals surface area contributed by atoms with Gasteiger partial charge in [-0.1, -0.05) is 0 Å². The third-order valence-corrected chi connectivity index (χ3v) is 6.32. The van der Waals surface area contributed by atoms with E-state index >= 15 is 0 Å². The van der Waals surface area contributed by atoms with Gasteiger partial charge in [0.05, 0.1) is 12.1 Å². The molecular weight excluding hydrogens is 371 g/mol. The zero-order valence-corrected chi connectivity index (χ0v) is 15.4. The van der Waals surface area contributed by atoms with Gasteiger partial charge in [-0.3, -0.25) is 4.79 Å². The van der Waals surface area contributed by atoms with Crippen molar-refractivity contribution in [2.24, 2.45) is 17.8 Å². The number of anilines is 1. The number of rotatable bonds is 4. The Labute approximate surface area is 161 Å². The van der Waals surface area contributed by atoms with Gasteiger partial charge in [0.15, 0.2) is 0 Å². The zero-order valence-electron chi connectivity index (χ0n) is 15.4. The predicted molar refractivity (Wildman–Crippen MR) is 97.5 cm³/mol. The van der Waals surface area contributed by atoms with Gasteiger partial charge in [0.1, 0.15) is 0 Å². The van der Waals surface area contributed by atoms with Gasteiger partial charge in [-0.05, 0) is 80.5 Å². The Bertz CT molecular complexity index is 726. The van der Waals surface area contributed by atoms with Gasteiger partial charge in [0.25, 0.3) is 0 Å². The monoisotopic (exact) mass is 395 g/mol. The Morgan fingerprint density at radius 1 is 0.964 bits per heavy atom. The van der Waals surface area contributed by atoms with E-state index in [0.29, 0.717) is 17.8 Å². The van der Waals surface area contributed by atoms with Gasteiger partial charge in [-0.15, -0.1) is 0 Å². The van der Waals surface area contributed by atoms with E-state index in [2.05, 4.69) is 16.0 Å². The van der Waals surface area contributed by atoms with Crippen LogP contribution in [0.25, 0.3) is 0 Å². The van der Waals surface area contributed by atoms with Crippen LogP contribution in [0.3, 0.4) is 0 Å². The van der Waals surface area contributed by atoms with Crippen molar-refractivity contribution in [3.8, 4) is 0 Å². The molecule has 8 heteroatoms. The van der Waals surface area contributed by atoms with Crippen LogP contribution in [0.4, 0.5) is 23.7 Å². The van der Waals surface area contributed by atoms with Gasteiger partial charge in [0, 0.05) is 11.2 Å². The molecule has 0 spiro atoms. The summed E-state index contributed by atoms with van der Waals surface area (Å²) in [5.41, 5.74) is -0.664. The predicted octanol–water partition coefficient (Wildman–Crippen LogP) is 3.91. The average Bonchev–Trinajstić information content (AvgIpc) is 2.58. The number of hydrogen-bond acceptors (Lipinski definition) is 2. The number of alkyl halides is 3. The summed E-state index contributed by atoms with van der Waals surface area (Å²) in [4.78, 5) is 24.3. The molecule has 1 aromatic carbocycles. The molecule has 4 aliphatic rings. The molecule has 28 heavy (non-hydrogen) atoms. The molecule has 4 fully saturated rings. The van der Waals surface area contributed by atoms with Crippen molar-refractivity contribution >= 4 is 17.6 Å². The summed E-state index contributed by atoms with van der Waals surface area (Å²) in [6.45, 7) is -0.237. The van der Waals surface area contributed by atoms with Crippen molar-refractivity contribution in [2.45, 2.75) is 50.2 Å². The SMILES string of the molecule is O=C(CNC(=O)NC12CC3CC(CC(C3)C1)C2)Nc1ccc(C(F)(F)F)cc1. The quantitative estimate of drug-likeness (QED) is 0.723. The molecule has 0 saturated heterocycles. The minimum absolute atomic E-state index is 0.136. The fourth-order valence-electron chi connectivity index (χ4n) is 5.66. The van der Waals surface area contributed by atoms with E-state index in [1.54, 1.807) is 0 Å². The molecule has 1 aromatic rings. The zero-order chi connectivity index (χ0) is 19.9. The topological polar surface area (TPSA) is 70.2 Å². The van der Waals surface area contributed by atoms with Crippen LogP contribution in [0, 0.1) is 17.8 Å². The number of carbonyl (C=O) groups is 2. The maximum Gasteiger partial charge on any atom is 0.416 e. The van der Waals surface area contributed by atoms with Crippen LogP contribution in [-0.2, 0) is 11.0 Å². The standard InChI is InChI=1S/C20H24F3N3O2/c21-20(22,23)15-1-3-16(4-2-15)25-17(27)11-24-18(28)26-19-8-12-5-13(9-19)7-14(6-12)10-19/h1-4,12-14H,5-11H2,(H,25,27)(H2,24,26,28). The first kappa shape index (κ1) is 19.1. The Hall–Kier alpha value is -2.25. The molecule has 4 aliphatic carbocycles. The molecule has 5 rings (SSSR count). The van der Waals surface area contributed by atoms with E-state index < -0.39 is 17.6 Å². The van der Waals surface area contributed by atoms with Gasteiger partial charge >= 0.3 is 12.2 Å². The summed E-state index contributed by atoms with van der Waals surface area (Å²) in [6.07, 6.45) is 2.46. The van der Waals surface area contributed by atoms with Crippen LogP contribution in [0.15, 0.2) is 24.3 Å². The number of benzene rings is 1. The number of nitrogens with one attached hydrogen (secondary N) is 3.